The molecule has 43 heavy (non-hydrogen) atoms. The fourth-order valence-corrected chi connectivity index (χ4v) is 7.84. The molecule has 2 amide bonds. The molecule has 3 aliphatic carbocycles. The van der Waals surface area contributed by atoms with Crippen molar-refractivity contribution in [1.29, 1.82) is 0 Å². The predicted octanol–water partition coefficient (Wildman–Crippen LogP) is 5.83. The number of imide groups is 1. The van der Waals surface area contributed by atoms with Crippen molar-refractivity contribution < 1.29 is 28.7 Å². The number of halogens is 2. The minimum atomic E-state index is -1.28. The third-order valence-corrected chi connectivity index (χ3v) is 9.98. The van der Waals surface area contributed by atoms with Crippen molar-refractivity contribution in [3.63, 3.8) is 0 Å². The Kier molecular flexibility index (Phi) is 6.24. The van der Waals surface area contributed by atoms with Gasteiger partial charge in [-0.25, -0.2) is 9.69 Å². The van der Waals surface area contributed by atoms with Gasteiger partial charge < -0.3 is 9.47 Å². The molecule has 1 fully saturated rings. The summed E-state index contributed by atoms with van der Waals surface area (Å²) in [5.41, 5.74) is 3.69. The average molecular weight is 612 g/mol. The molecule has 0 aromatic heterocycles. The lowest BCUT2D eigenvalue weighted by Crippen LogP contribution is -2.57. The van der Waals surface area contributed by atoms with Crippen LogP contribution in [0, 0.1) is 11.8 Å². The van der Waals surface area contributed by atoms with Crippen LogP contribution < -0.4 is 9.64 Å². The maximum atomic E-state index is 14.1. The van der Waals surface area contributed by atoms with Gasteiger partial charge in [-0.1, -0.05) is 48.5 Å². The van der Waals surface area contributed by atoms with Crippen LogP contribution in [-0.2, 0) is 24.1 Å². The first kappa shape index (κ1) is 27.4. The summed E-state index contributed by atoms with van der Waals surface area (Å²) in [6, 6.07) is 27.2. The molecule has 4 aromatic carbocycles. The van der Waals surface area contributed by atoms with Gasteiger partial charge in [0.15, 0.2) is 12.4 Å². The third kappa shape index (κ3) is 3.74. The van der Waals surface area contributed by atoms with Gasteiger partial charge in [-0.15, -0.1) is 23.2 Å². The number of benzene rings is 4. The number of methoxy groups -OCH3 is 1. The number of hydrogen-bond acceptors (Lipinski definition) is 6. The Morgan fingerprint density at radius 1 is 0.698 bits per heavy atom. The van der Waals surface area contributed by atoms with Gasteiger partial charge in [0, 0.05) is 5.56 Å². The molecule has 0 radical (unpaired) electrons. The number of amides is 2. The number of Topliss-reactive ketones (excluding diaryl/α,β-unsaturated/α-hetero) is 1. The summed E-state index contributed by atoms with van der Waals surface area (Å²) in [5.74, 6) is -3.27. The van der Waals surface area contributed by atoms with E-state index in [4.69, 9.17) is 32.7 Å². The molecule has 1 heterocycles. The number of anilines is 1. The fraction of sp³-hybridized carbons (Fsp3) is 0.176. The fourth-order valence-electron chi connectivity index (χ4n) is 6.74. The van der Waals surface area contributed by atoms with Gasteiger partial charge in [-0.3, -0.25) is 14.4 Å². The minimum Gasteiger partial charge on any atom is -0.497 e. The lowest BCUT2D eigenvalue weighted by atomic mass is 9.54. The van der Waals surface area contributed by atoms with Crippen LogP contribution >= 0.6 is 23.2 Å². The first-order valence-electron chi connectivity index (χ1n) is 13.6. The van der Waals surface area contributed by atoms with Gasteiger partial charge in [0.2, 0.25) is 11.8 Å². The molecular formula is C34H23Cl2NO6. The Labute approximate surface area is 256 Å². The molecular weight excluding hydrogens is 589 g/mol. The van der Waals surface area contributed by atoms with Crippen LogP contribution in [-0.4, -0.2) is 37.3 Å². The Morgan fingerprint density at radius 3 is 1.58 bits per heavy atom. The number of alkyl halides is 2. The van der Waals surface area contributed by atoms with Crippen LogP contribution in [0.2, 0.25) is 0 Å². The van der Waals surface area contributed by atoms with E-state index in [2.05, 4.69) is 0 Å². The molecule has 9 heteroatoms. The smallest absolute Gasteiger partial charge is 0.338 e. The standard InChI is InChI=1S/C34H23Cl2NO6/c1-42-22-16-12-19(13-17-22)27(38)18-43-32(41)20-10-14-21(15-11-20)37-30(39)28-29(31(37)40)34(36)24-7-3-2-6-23(24)33(28,35)25-8-4-5-9-26(25)34/h2-17,28-29H,18H2,1H3/t28-,29-,33?,34?/m0/s1. The SMILES string of the molecule is COc1ccc(C(=O)COC(=O)c2ccc(N3C(=O)[C@@H]4[C@@H](C3=O)C3(Cl)c5ccccc5C4(Cl)c4ccccc43)cc2)cc1. The van der Waals surface area contributed by atoms with Crippen molar-refractivity contribution in [3.05, 3.63) is 130 Å². The van der Waals surface area contributed by atoms with E-state index in [9.17, 15) is 19.2 Å². The number of hydrogen-bond donors (Lipinski definition) is 0. The zero-order valence-corrected chi connectivity index (χ0v) is 24.3. The minimum absolute atomic E-state index is 0.158. The molecule has 8 rings (SSSR count). The summed E-state index contributed by atoms with van der Waals surface area (Å²) < 4.78 is 10.3. The highest BCUT2D eigenvalue weighted by atomic mass is 35.5. The largest absolute Gasteiger partial charge is 0.497 e. The number of esters is 1. The Morgan fingerprint density at radius 2 is 1.14 bits per heavy atom. The molecule has 1 aliphatic heterocycles. The van der Waals surface area contributed by atoms with E-state index < -0.39 is 46.0 Å². The van der Waals surface area contributed by atoms with Crippen molar-refractivity contribution in [2.75, 3.05) is 18.6 Å². The topological polar surface area (TPSA) is 90.0 Å². The first-order valence-corrected chi connectivity index (χ1v) is 14.4. The molecule has 0 N–H and O–H groups in total. The molecule has 7 nitrogen and oxygen atoms in total. The second kappa shape index (κ2) is 9.79. The summed E-state index contributed by atoms with van der Waals surface area (Å²) >= 11 is 14.9. The summed E-state index contributed by atoms with van der Waals surface area (Å²) in [6.07, 6.45) is 0. The van der Waals surface area contributed by atoms with Crippen LogP contribution in [0.4, 0.5) is 5.69 Å². The molecule has 2 atom stereocenters. The van der Waals surface area contributed by atoms with Gasteiger partial charge in [0.25, 0.3) is 0 Å². The first-order chi connectivity index (χ1) is 20.7. The number of rotatable bonds is 6. The van der Waals surface area contributed by atoms with E-state index in [1.165, 1.54) is 31.4 Å². The summed E-state index contributed by atoms with van der Waals surface area (Å²) in [5, 5.41) is 0. The van der Waals surface area contributed by atoms with Crippen molar-refractivity contribution >= 4 is 52.5 Å². The number of nitrogens with zero attached hydrogens (tertiary/aromatic N) is 1. The van der Waals surface area contributed by atoms with Gasteiger partial charge in [0.1, 0.15) is 15.5 Å². The highest BCUT2D eigenvalue weighted by molar-refractivity contribution is 6.38. The van der Waals surface area contributed by atoms with E-state index in [0.717, 1.165) is 27.2 Å². The van der Waals surface area contributed by atoms with Gasteiger partial charge in [0.05, 0.1) is 30.2 Å². The highest BCUT2D eigenvalue weighted by Gasteiger charge is 2.73. The zero-order chi connectivity index (χ0) is 30.1. The maximum Gasteiger partial charge on any atom is 0.338 e. The number of ether oxygens (including phenoxy) is 2. The van der Waals surface area contributed by atoms with E-state index in [-0.39, 0.29) is 17.0 Å². The summed E-state index contributed by atoms with van der Waals surface area (Å²) in [6.45, 7) is -0.448. The van der Waals surface area contributed by atoms with Crippen LogP contribution in [0.5, 0.6) is 5.75 Å². The van der Waals surface area contributed by atoms with Crippen molar-refractivity contribution in [3.8, 4) is 5.75 Å². The lowest BCUT2D eigenvalue weighted by Gasteiger charge is -2.54. The van der Waals surface area contributed by atoms with Crippen LogP contribution in [0.25, 0.3) is 0 Å². The van der Waals surface area contributed by atoms with E-state index in [1.807, 2.05) is 48.5 Å². The normalized spacial score (nSPS) is 24.7. The third-order valence-electron chi connectivity index (χ3n) is 8.69. The molecule has 4 aromatic rings. The van der Waals surface area contributed by atoms with Crippen LogP contribution in [0.15, 0.2) is 97.1 Å². The summed E-state index contributed by atoms with van der Waals surface area (Å²) in [7, 11) is 1.52. The van der Waals surface area contributed by atoms with Gasteiger partial charge in [-0.2, -0.15) is 0 Å². The van der Waals surface area contributed by atoms with Crippen molar-refractivity contribution in [2.45, 2.75) is 9.75 Å². The maximum absolute atomic E-state index is 14.1. The molecule has 214 valence electrons. The van der Waals surface area contributed by atoms with Crippen molar-refractivity contribution in [1.82, 2.24) is 0 Å². The molecule has 0 spiro atoms. The number of ketones is 1. The summed E-state index contributed by atoms with van der Waals surface area (Å²) in [4.78, 5) is 51.9. The van der Waals surface area contributed by atoms with Crippen molar-refractivity contribution in [2.24, 2.45) is 11.8 Å². The Hall–Kier alpha value is -4.46. The second-order valence-corrected chi connectivity index (χ2v) is 11.9. The quantitative estimate of drug-likeness (QED) is 0.118. The van der Waals surface area contributed by atoms with E-state index in [1.54, 1.807) is 24.3 Å². The van der Waals surface area contributed by atoms with E-state index in [0.29, 0.717) is 11.3 Å². The van der Waals surface area contributed by atoms with Crippen LogP contribution in [0.3, 0.4) is 0 Å². The average Bonchev–Trinajstić information content (AvgIpc) is 3.33. The van der Waals surface area contributed by atoms with E-state index >= 15 is 0 Å². The monoisotopic (exact) mass is 611 g/mol. The second-order valence-electron chi connectivity index (χ2n) is 10.8. The zero-order valence-electron chi connectivity index (χ0n) is 22.8. The van der Waals surface area contributed by atoms with Gasteiger partial charge >= 0.3 is 5.97 Å². The predicted molar refractivity (Wildman–Crippen MR) is 160 cm³/mol. The van der Waals surface area contributed by atoms with Crippen LogP contribution in [0.1, 0.15) is 43.0 Å². The molecule has 0 saturated carbocycles. The molecule has 1 saturated heterocycles. The van der Waals surface area contributed by atoms with Gasteiger partial charge in [-0.05, 0) is 70.8 Å². The number of carbonyl (C=O) groups is 4. The lowest BCUT2D eigenvalue weighted by molar-refractivity contribution is -0.122. The molecule has 4 aliphatic rings. The molecule has 2 bridgehead atoms. The molecule has 0 unspecified atom stereocenters. The highest BCUT2D eigenvalue weighted by Crippen LogP contribution is 2.69. The Bertz CT molecular complexity index is 1710. The number of carbonyl (C=O) groups excluding carboxylic acids is 4. The Balaban J connectivity index is 1.16.